The molecule has 8 heteroatoms. The average Bonchev–Trinajstić information content (AvgIpc) is 3.57. The molecule has 4 heterocycles. The Labute approximate surface area is 202 Å². The molecule has 2 amide bonds. The molecule has 5 rings (SSSR count). The van der Waals surface area contributed by atoms with Crippen LogP contribution in [0.3, 0.4) is 0 Å². The van der Waals surface area contributed by atoms with Gasteiger partial charge in [0.1, 0.15) is 0 Å². The minimum Gasteiger partial charge on any atom is -0.352 e. The maximum atomic E-state index is 13.5. The van der Waals surface area contributed by atoms with Crippen LogP contribution >= 0.6 is 11.3 Å². The van der Waals surface area contributed by atoms with Crippen LogP contribution in [0.1, 0.15) is 38.3 Å². The summed E-state index contributed by atoms with van der Waals surface area (Å²) >= 11 is 1.59. The number of amides is 2. The van der Waals surface area contributed by atoms with Gasteiger partial charge in [-0.3, -0.25) is 14.6 Å². The summed E-state index contributed by atoms with van der Waals surface area (Å²) in [6, 6.07) is 11.3. The summed E-state index contributed by atoms with van der Waals surface area (Å²) in [7, 11) is 0. The van der Waals surface area contributed by atoms with E-state index in [1.807, 2.05) is 71.4 Å². The molecule has 1 N–H and O–H groups in total. The molecule has 34 heavy (non-hydrogen) atoms. The first kappa shape index (κ1) is 22.0. The third kappa shape index (κ3) is 4.49. The number of hydrogen-bond donors (Lipinski definition) is 1. The zero-order valence-electron chi connectivity index (χ0n) is 18.9. The van der Waals surface area contributed by atoms with Crippen LogP contribution < -0.4 is 5.32 Å². The molecule has 4 aromatic rings. The second-order valence-corrected chi connectivity index (χ2v) is 9.14. The van der Waals surface area contributed by atoms with E-state index in [4.69, 9.17) is 0 Å². The smallest absolute Gasteiger partial charge is 0.256 e. The van der Waals surface area contributed by atoms with Gasteiger partial charge in [-0.05, 0) is 70.6 Å². The van der Waals surface area contributed by atoms with Gasteiger partial charge in [-0.1, -0.05) is 12.1 Å². The van der Waals surface area contributed by atoms with Crippen molar-refractivity contribution in [1.82, 2.24) is 25.0 Å². The van der Waals surface area contributed by atoms with Crippen molar-refractivity contribution in [2.75, 3.05) is 6.54 Å². The van der Waals surface area contributed by atoms with Crippen LogP contribution in [-0.4, -0.2) is 38.0 Å². The number of rotatable bonds is 6. The number of fused-ring (bicyclic) bond motifs is 1. The highest BCUT2D eigenvalue weighted by Gasteiger charge is 2.26. The fourth-order valence-corrected chi connectivity index (χ4v) is 5.06. The standard InChI is InChI=1S/C26H25N5O2S/c1-18-23(15-28-25(32)13-19-8-12-34-17-19)21-7-11-30(16-20(21)14-27-18)26(33)22-5-2-3-6-24(22)31-10-4-9-29-31/h2-6,8-10,12,14,17H,7,11,13,15-16H2,1H3,(H,28,32). The van der Waals surface area contributed by atoms with Crippen molar-refractivity contribution in [3.05, 3.63) is 99.3 Å². The lowest BCUT2D eigenvalue weighted by Gasteiger charge is -2.31. The van der Waals surface area contributed by atoms with Crippen molar-refractivity contribution >= 4 is 23.2 Å². The van der Waals surface area contributed by atoms with Crippen LogP contribution in [0.4, 0.5) is 0 Å². The largest absolute Gasteiger partial charge is 0.352 e. The Bertz CT molecular complexity index is 1320. The van der Waals surface area contributed by atoms with Crippen molar-refractivity contribution in [1.29, 1.82) is 0 Å². The second kappa shape index (κ2) is 9.61. The molecule has 0 atom stereocenters. The predicted molar refractivity (Wildman–Crippen MR) is 131 cm³/mol. The second-order valence-electron chi connectivity index (χ2n) is 8.36. The third-order valence-corrected chi connectivity index (χ3v) is 6.91. The van der Waals surface area contributed by atoms with E-state index in [9.17, 15) is 9.59 Å². The van der Waals surface area contributed by atoms with Crippen molar-refractivity contribution in [2.45, 2.75) is 32.9 Å². The lowest BCUT2D eigenvalue weighted by molar-refractivity contribution is -0.120. The quantitative estimate of drug-likeness (QED) is 0.465. The Hall–Kier alpha value is -3.78. The number of aryl methyl sites for hydroxylation is 1. The molecule has 172 valence electrons. The van der Waals surface area contributed by atoms with Gasteiger partial charge in [-0.25, -0.2) is 4.68 Å². The summed E-state index contributed by atoms with van der Waals surface area (Å²) in [5.74, 6) is -0.0267. The molecule has 0 bridgehead atoms. The number of hydrogen-bond acceptors (Lipinski definition) is 5. The van der Waals surface area contributed by atoms with Gasteiger partial charge in [0, 0.05) is 43.9 Å². The number of carbonyl (C=O) groups excluding carboxylic acids is 2. The van der Waals surface area contributed by atoms with Gasteiger partial charge in [-0.2, -0.15) is 16.4 Å². The Balaban J connectivity index is 1.32. The molecule has 1 aliphatic heterocycles. The summed E-state index contributed by atoms with van der Waals surface area (Å²) in [4.78, 5) is 32.3. The fourth-order valence-electron chi connectivity index (χ4n) is 4.39. The van der Waals surface area contributed by atoms with Gasteiger partial charge in [0.2, 0.25) is 5.91 Å². The summed E-state index contributed by atoms with van der Waals surface area (Å²) < 4.78 is 1.72. The highest BCUT2D eigenvalue weighted by molar-refractivity contribution is 7.08. The van der Waals surface area contributed by atoms with Gasteiger partial charge in [0.05, 0.1) is 17.7 Å². The maximum Gasteiger partial charge on any atom is 0.256 e. The van der Waals surface area contributed by atoms with E-state index in [0.717, 1.165) is 34.5 Å². The van der Waals surface area contributed by atoms with Crippen LogP contribution in [0.25, 0.3) is 5.69 Å². The fraction of sp³-hybridized carbons (Fsp3) is 0.231. The molecule has 0 aliphatic carbocycles. The van der Waals surface area contributed by atoms with Crippen molar-refractivity contribution < 1.29 is 9.59 Å². The van der Waals surface area contributed by atoms with E-state index in [1.165, 1.54) is 5.56 Å². The predicted octanol–water partition coefficient (Wildman–Crippen LogP) is 3.69. The average molecular weight is 472 g/mol. The third-order valence-electron chi connectivity index (χ3n) is 6.18. The van der Waals surface area contributed by atoms with E-state index < -0.39 is 0 Å². The Morgan fingerprint density at radius 2 is 2.06 bits per heavy atom. The van der Waals surface area contributed by atoms with Gasteiger partial charge in [0.25, 0.3) is 5.91 Å². The lowest BCUT2D eigenvalue weighted by Crippen LogP contribution is -2.37. The molecular weight excluding hydrogens is 446 g/mol. The van der Waals surface area contributed by atoms with Gasteiger partial charge in [-0.15, -0.1) is 0 Å². The van der Waals surface area contributed by atoms with Crippen LogP contribution in [0.15, 0.2) is 65.7 Å². The summed E-state index contributed by atoms with van der Waals surface area (Å²) in [5, 5.41) is 11.3. The summed E-state index contributed by atoms with van der Waals surface area (Å²) in [6.07, 6.45) is 6.50. The highest BCUT2D eigenvalue weighted by Crippen LogP contribution is 2.26. The number of carbonyl (C=O) groups is 2. The topological polar surface area (TPSA) is 80.1 Å². The SMILES string of the molecule is Cc1ncc2c(c1CNC(=O)Cc1ccsc1)CCN(C(=O)c1ccccc1-n1cccn1)C2. The van der Waals surface area contributed by atoms with Crippen LogP contribution in [0.5, 0.6) is 0 Å². The summed E-state index contributed by atoms with van der Waals surface area (Å²) in [5.41, 5.74) is 6.60. The molecule has 1 aliphatic rings. The maximum absolute atomic E-state index is 13.5. The molecule has 3 aromatic heterocycles. The van der Waals surface area contributed by atoms with Crippen LogP contribution in [0.2, 0.25) is 0 Å². The number of aromatic nitrogens is 3. The normalized spacial score (nSPS) is 12.9. The van der Waals surface area contributed by atoms with Crippen molar-refractivity contribution in [3.8, 4) is 5.69 Å². The number of pyridine rings is 1. The van der Waals surface area contributed by atoms with Crippen molar-refractivity contribution in [3.63, 3.8) is 0 Å². The minimum absolute atomic E-state index is 0.00162. The van der Waals surface area contributed by atoms with E-state index in [1.54, 1.807) is 22.2 Å². The number of thiophene rings is 1. The zero-order valence-corrected chi connectivity index (χ0v) is 19.7. The molecule has 0 radical (unpaired) electrons. The minimum atomic E-state index is -0.0251. The Morgan fingerprint density at radius 3 is 2.85 bits per heavy atom. The molecule has 7 nitrogen and oxygen atoms in total. The number of para-hydroxylation sites is 1. The number of nitrogens with zero attached hydrogens (tertiary/aromatic N) is 4. The first-order valence-corrected chi connectivity index (χ1v) is 12.2. The molecule has 0 fully saturated rings. The molecule has 1 aromatic carbocycles. The Kier molecular flexibility index (Phi) is 6.22. The monoisotopic (exact) mass is 471 g/mol. The van der Waals surface area contributed by atoms with Gasteiger partial charge in [0.15, 0.2) is 0 Å². The van der Waals surface area contributed by atoms with E-state index in [-0.39, 0.29) is 11.8 Å². The highest BCUT2D eigenvalue weighted by atomic mass is 32.1. The van der Waals surface area contributed by atoms with E-state index in [2.05, 4.69) is 15.4 Å². The number of nitrogens with one attached hydrogen (secondary N) is 1. The molecule has 0 spiro atoms. The lowest BCUT2D eigenvalue weighted by atomic mass is 9.94. The molecule has 0 saturated carbocycles. The Morgan fingerprint density at radius 1 is 1.18 bits per heavy atom. The first-order chi connectivity index (χ1) is 16.6. The first-order valence-electron chi connectivity index (χ1n) is 11.2. The van der Waals surface area contributed by atoms with Crippen molar-refractivity contribution in [2.24, 2.45) is 0 Å². The molecular formula is C26H25N5O2S. The zero-order chi connectivity index (χ0) is 23.5. The molecule has 0 unspecified atom stereocenters. The molecule has 0 saturated heterocycles. The van der Waals surface area contributed by atoms with E-state index >= 15 is 0 Å². The van der Waals surface area contributed by atoms with Crippen LogP contribution in [0, 0.1) is 6.92 Å². The van der Waals surface area contributed by atoms with Gasteiger partial charge < -0.3 is 10.2 Å². The number of benzene rings is 1. The van der Waals surface area contributed by atoms with E-state index in [0.29, 0.717) is 31.6 Å². The van der Waals surface area contributed by atoms with Gasteiger partial charge >= 0.3 is 0 Å². The van der Waals surface area contributed by atoms with Crippen LogP contribution in [-0.2, 0) is 30.7 Å². The summed E-state index contributed by atoms with van der Waals surface area (Å²) in [6.45, 7) is 3.52.